The van der Waals surface area contributed by atoms with Crippen molar-refractivity contribution < 1.29 is 46.8 Å². The largest absolute Gasteiger partial charge is 0.356 e. The molecule has 27 heavy (non-hydrogen) atoms. The Morgan fingerprint density at radius 2 is 1.85 bits per heavy atom. The number of ketones is 1. The molecule has 1 saturated heterocycles. The number of piperidine rings is 1. The molecule has 2 unspecified atom stereocenters. The standard InChI is InChI=1S/C22H34N2O2.Y/c1-5-12-23-22(26)19-11-8-13-24(6-2,15-19)16-20(25)14-21-17(3)9-7-10-18(21)4;/h7,9-10,19H,5-6,8,11-16H2,1-4H3;/p+1. The minimum atomic E-state index is 0. The van der Waals surface area contributed by atoms with Gasteiger partial charge in [-0.2, -0.15) is 0 Å². The molecule has 147 valence electrons. The smallest absolute Gasteiger partial charge is 0.228 e. The number of nitrogens with one attached hydrogen (secondary N) is 1. The molecular weight excluding hydrogens is 413 g/mol. The topological polar surface area (TPSA) is 46.2 Å². The monoisotopic (exact) mass is 448 g/mol. The van der Waals surface area contributed by atoms with Gasteiger partial charge in [0.1, 0.15) is 6.54 Å². The van der Waals surface area contributed by atoms with Crippen molar-refractivity contribution in [1.82, 2.24) is 5.32 Å². The van der Waals surface area contributed by atoms with E-state index >= 15 is 0 Å². The van der Waals surface area contributed by atoms with Crippen LogP contribution in [0.1, 0.15) is 49.8 Å². The van der Waals surface area contributed by atoms with Gasteiger partial charge in [0.05, 0.1) is 25.6 Å². The average Bonchev–Trinajstić information content (AvgIpc) is 2.63. The molecule has 1 aromatic carbocycles. The maximum absolute atomic E-state index is 12.9. The van der Waals surface area contributed by atoms with Crippen LogP contribution in [0.3, 0.4) is 0 Å². The van der Waals surface area contributed by atoms with Crippen molar-refractivity contribution >= 4 is 11.7 Å². The molecule has 0 aliphatic carbocycles. The second-order valence-corrected chi connectivity index (χ2v) is 7.94. The summed E-state index contributed by atoms with van der Waals surface area (Å²) in [5.41, 5.74) is 3.55. The van der Waals surface area contributed by atoms with Crippen molar-refractivity contribution in [2.24, 2.45) is 5.92 Å². The van der Waals surface area contributed by atoms with Crippen molar-refractivity contribution in [2.45, 2.75) is 53.4 Å². The third-order valence-electron chi connectivity index (χ3n) is 5.91. The summed E-state index contributed by atoms with van der Waals surface area (Å²) in [6.07, 6.45) is 3.43. The molecule has 1 aliphatic rings. The fraction of sp³-hybridized carbons (Fsp3) is 0.636. The molecule has 1 aromatic rings. The van der Waals surface area contributed by atoms with Gasteiger partial charge in [0, 0.05) is 45.7 Å². The quantitative estimate of drug-likeness (QED) is 0.621. The molecule has 1 radical (unpaired) electrons. The van der Waals surface area contributed by atoms with Crippen LogP contribution in [0.2, 0.25) is 0 Å². The molecule has 1 fully saturated rings. The summed E-state index contributed by atoms with van der Waals surface area (Å²) >= 11 is 0. The molecule has 2 rings (SSSR count). The predicted molar refractivity (Wildman–Crippen MR) is 106 cm³/mol. The molecule has 5 heteroatoms. The van der Waals surface area contributed by atoms with Crippen LogP contribution >= 0.6 is 0 Å². The summed E-state index contributed by atoms with van der Waals surface area (Å²) in [6, 6.07) is 6.20. The van der Waals surface area contributed by atoms with Crippen molar-refractivity contribution in [3.05, 3.63) is 34.9 Å². The van der Waals surface area contributed by atoms with Gasteiger partial charge < -0.3 is 9.80 Å². The van der Waals surface area contributed by atoms with E-state index in [4.69, 9.17) is 0 Å². The number of benzene rings is 1. The Hall–Kier alpha value is -0.576. The SMILES string of the molecule is CCCNC(=O)C1CCC[N+](CC)(CC(=O)Cc2c(C)cccc2C)C1.[Y]. The third kappa shape index (κ3) is 6.76. The molecular formula is C22H35N2O2Y+. The van der Waals surface area contributed by atoms with Crippen molar-refractivity contribution in [2.75, 3.05) is 32.7 Å². The van der Waals surface area contributed by atoms with Crippen LogP contribution in [-0.4, -0.2) is 48.9 Å². The van der Waals surface area contributed by atoms with Gasteiger partial charge >= 0.3 is 0 Å². The third-order valence-corrected chi connectivity index (χ3v) is 5.91. The van der Waals surface area contributed by atoms with E-state index in [1.54, 1.807) is 0 Å². The zero-order valence-electron chi connectivity index (χ0n) is 17.5. The Kier molecular flexibility index (Phi) is 10.4. The number of quaternary nitrogens is 1. The van der Waals surface area contributed by atoms with Gasteiger partial charge in [-0.1, -0.05) is 25.1 Å². The van der Waals surface area contributed by atoms with E-state index in [0.717, 1.165) is 49.9 Å². The molecule has 1 heterocycles. The van der Waals surface area contributed by atoms with Crippen LogP contribution in [0.15, 0.2) is 18.2 Å². The van der Waals surface area contributed by atoms with E-state index in [2.05, 4.69) is 45.1 Å². The van der Waals surface area contributed by atoms with Crippen LogP contribution in [0, 0.1) is 19.8 Å². The Morgan fingerprint density at radius 3 is 2.44 bits per heavy atom. The molecule has 0 bridgehead atoms. The Labute approximate surface area is 189 Å². The normalized spacial score (nSPS) is 22.0. The van der Waals surface area contributed by atoms with Crippen LogP contribution < -0.4 is 5.32 Å². The first-order valence-corrected chi connectivity index (χ1v) is 10.1. The molecule has 2 atom stereocenters. The summed E-state index contributed by atoms with van der Waals surface area (Å²) < 4.78 is 0.758. The van der Waals surface area contributed by atoms with Gasteiger partial charge in [0.2, 0.25) is 5.91 Å². The molecule has 4 nitrogen and oxygen atoms in total. The summed E-state index contributed by atoms with van der Waals surface area (Å²) in [6.45, 7) is 12.4. The number of carbonyl (C=O) groups is 2. The minimum absolute atomic E-state index is 0. The molecule has 1 amide bonds. The first kappa shape index (κ1) is 24.5. The van der Waals surface area contributed by atoms with Crippen molar-refractivity contribution in [3.8, 4) is 0 Å². The maximum Gasteiger partial charge on any atom is 0.228 e. The minimum Gasteiger partial charge on any atom is -0.356 e. The molecule has 1 N–H and O–H groups in total. The second kappa shape index (κ2) is 11.4. The first-order valence-electron chi connectivity index (χ1n) is 10.1. The number of likely N-dealkylation sites (N-methyl/N-ethyl adjacent to an activating group) is 1. The summed E-state index contributed by atoms with van der Waals surface area (Å²) in [5, 5.41) is 3.04. The number of amides is 1. The number of rotatable bonds is 8. The van der Waals surface area contributed by atoms with E-state index in [0.29, 0.717) is 18.7 Å². The Bertz CT molecular complexity index is 627. The van der Waals surface area contributed by atoms with E-state index < -0.39 is 0 Å². The number of hydrogen-bond acceptors (Lipinski definition) is 2. The van der Waals surface area contributed by atoms with Crippen LogP contribution in [-0.2, 0) is 48.7 Å². The summed E-state index contributed by atoms with van der Waals surface area (Å²) in [7, 11) is 0. The second-order valence-electron chi connectivity index (χ2n) is 7.94. The van der Waals surface area contributed by atoms with Crippen molar-refractivity contribution in [1.29, 1.82) is 0 Å². The maximum atomic E-state index is 12.9. The molecule has 0 spiro atoms. The zero-order valence-corrected chi connectivity index (χ0v) is 20.4. The van der Waals surface area contributed by atoms with Gasteiger partial charge in [-0.05, 0) is 56.7 Å². The molecule has 0 aromatic heterocycles. The van der Waals surface area contributed by atoms with Gasteiger partial charge in [0.15, 0.2) is 5.78 Å². The zero-order chi connectivity index (χ0) is 19.2. The number of nitrogens with zero attached hydrogens (tertiary/aromatic N) is 1. The predicted octanol–water partition coefficient (Wildman–Crippen LogP) is 3.19. The number of Topliss-reactive ketones (excluding diaryl/α,β-unsaturated/α-hetero) is 1. The van der Waals surface area contributed by atoms with Gasteiger partial charge in [0.25, 0.3) is 0 Å². The number of aryl methyl sites for hydroxylation is 2. The number of hydrogen-bond donors (Lipinski definition) is 1. The fourth-order valence-electron chi connectivity index (χ4n) is 4.23. The van der Waals surface area contributed by atoms with Crippen LogP contribution in [0.5, 0.6) is 0 Å². The average molecular weight is 448 g/mol. The van der Waals surface area contributed by atoms with Crippen molar-refractivity contribution in [3.63, 3.8) is 0 Å². The fourth-order valence-corrected chi connectivity index (χ4v) is 4.23. The number of carbonyl (C=O) groups excluding carboxylic acids is 2. The van der Waals surface area contributed by atoms with E-state index in [9.17, 15) is 9.59 Å². The molecule has 0 saturated carbocycles. The van der Waals surface area contributed by atoms with E-state index in [-0.39, 0.29) is 44.5 Å². The van der Waals surface area contributed by atoms with E-state index in [1.165, 1.54) is 16.7 Å². The first-order chi connectivity index (χ1) is 12.4. The van der Waals surface area contributed by atoms with Crippen LogP contribution in [0.4, 0.5) is 0 Å². The van der Waals surface area contributed by atoms with E-state index in [1.807, 2.05) is 6.07 Å². The summed E-state index contributed by atoms with van der Waals surface area (Å²) in [4.78, 5) is 25.3. The summed E-state index contributed by atoms with van der Waals surface area (Å²) in [5.74, 6) is 0.506. The number of likely N-dealkylation sites (tertiary alicyclic amines) is 1. The van der Waals surface area contributed by atoms with Gasteiger partial charge in [-0.3, -0.25) is 9.59 Å². The van der Waals surface area contributed by atoms with Gasteiger partial charge in [-0.15, -0.1) is 0 Å². The van der Waals surface area contributed by atoms with Crippen LogP contribution in [0.25, 0.3) is 0 Å². The molecule has 1 aliphatic heterocycles. The van der Waals surface area contributed by atoms with Gasteiger partial charge in [-0.25, -0.2) is 0 Å². The Morgan fingerprint density at radius 1 is 1.19 bits per heavy atom. The Balaban J connectivity index is 0.00000364.